The van der Waals surface area contributed by atoms with Gasteiger partial charge >= 0.3 is 0 Å². The number of likely N-dealkylation sites (N-methyl/N-ethyl adjacent to an activating group) is 1. The summed E-state index contributed by atoms with van der Waals surface area (Å²) < 4.78 is 5.15. The predicted octanol–water partition coefficient (Wildman–Crippen LogP) is 3.09. The predicted molar refractivity (Wildman–Crippen MR) is 90.2 cm³/mol. The zero-order valence-corrected chi connectivity index (χ0v) is 13.8. The van der Waals surface area contributed by atoms with Crippen molar-refractivity contribution in [3.05, 3.63) is 65.2 Å². The summed E-state index contributed by atoms with van der Waals surface area (Å²) >= 11 is 0. The summed E-state index contributed by atoms with van der Waals surface area (Å²) in [7, 11) is 1.56. The lowest BCUT2D eigenvalue weighted by atomic mass is 10.1. The summed E-state index contributed by atoms with van der Waals surface area (Å²) in [5.74, 6) is 0.320. The topological polar surface area (TPSA) is 49.8 Å². The maximum atomic E-state index is 12.6. The molecular weight excluding hydrogens is 290 g/mol. The van der Waals surface area contributed by atoms with Crippen molar-refractivity contribution in [3.63, 3.8) is 0 Å². The third-order valence-corrected chi connectivity index (χ3v) is 3.96. The van der Waals surface area contributed by atoms with E-state index >= 15 is 0 Å². The molecule has 2 rings (SSSR count). The van der Waals surface area contributed by atoms with E-state index in [0.29, 0.717) is 24.4 Å². The molecule has 2 aromatic rings. The number of amides is 1. The molecular formula is C19H23NO3. The highest BCUT2D eigenvalue weighted by atomic mass is 16.5. The molecule has 0 aliphatic carbocycles. The number of aryl methyl sites for hydroxylation is 1. The van der Waals surface area contributed by atoms with Crippen molar-refractivity contribution in [2.24, 2.45) is 0 Å². The van der Waals surface area contributed by atoms with E-state index in [1.54, 1.807) is 36.3 Å². The molecule has 1 unspecified atom stereocenters. The second-order valence-corrected chi connectivity index (χ2v) is 5.46. The maximum absolute atomic E-state index is 12.6. The third kappa shape index (κ3) is 4.11. The quantitative estimate of drug-likeness (QED) is 0.891. The molecule has 4 nitrogen and oxygen atoms in total. The van der Waals surface area contributed by atoms with Crippen LogP contribution in [-0.4, -0.2) is 29.6 Å². The van der Waals surface area contributed by atoms with Crippen LogP contribution in [0, 0.1) is 6.92 Å². The Kier molecular flexibility index (Phi) is 5.77. The molecule has 0 saturated carbocycles. The summed E-state index contributed by atoms with van der Waals surface area (Å²) in [5, 5.41) is 10.4. The molecule has 0 spiro atoms. The fraction of sp³-hybridized carbons (Fsp3) is 0.316. The van der Waals surface area contributed by atoms with Gasteiger partial charge in [0.05, 0.1) is 7.11 Å². The number of carbonyl (C=O) groups is 1. The molecule has 0 aliphatic rings. The Morgan fingerprint density at radius 3 is 2.61 bits per heavy atom. The van der Waals surface area contributed by atoms with Gasteiger partial charge in [0.25, 0.3) is 5.91 Å². The molecule has 0 aliphatic heterocycles. The van der Waals surface area contributed by atoms with Crippen molar-refractivity contribution >= 4 is 5.91 Å². The highest BCUT2D eigenvalue weighted by Gasteiger charge is 2.23. The fourth-order valence-electron chi connectivity index (χ4n) is 2.47. The minimum atomic E-state index is -1.19. The normalized spacial score (nSPS) is 11.8. The van der Waals surface area contributed by atoms with E-state index in [0.717, 1.165) is 11.1 Å². The van der Waals surface area contributed by atoms with Crippen molar-refractivity contribution in [1.82, 2.24) is 4.90 Å². The van der Waals surface area contributed by atoms with Gasteiger partial charge in [-0.15, -0.1) is 0 Å². The van der Waals surface area contributed by atoms with Gasteiger partial charge < -0.3 is 14.7 Å². The second kappa shape index (κ2) is 7.79. The molecule has 0 bridgehead atoms. The molecule has 0 aromatic heterocycles. The first-order valence-corrected chi connectivity index (χ1v) is 7.72. The molecule has 0 fully saturated rings. The van der Waals surface area contributed by atoms with Crippen LogP contribution in [0.5, 0.6) is 5.75 Å². The molecule has 0 radical (unpaired) electrons. The van der Waals surface area contributed by atoms with Crippen molar-refractivity contribution in [2.45, 2.75) is 26.5 Å². The smallest absolute Gasteiger partial charge is 0.256 e. The van der Waals surface area contributed by atoms with Crippen molar-refractivity contribution in [3.8, 4) is 5.75 Å². The standard InChI is InChI=1S/C19H23NO3/c1-4-20(13-16-9-6-5-8-14(16)2)19(22)18(21)15-10-7-11-17(12-15)23-3/h5-12,18,21H,4,13H2,1-3H3. The van der Waals surface area contributed by atoms with Crippen molar-refractivity contribution in [2.75, 3.05) is 13.7 Å². The van der Waals surface area contributed by atoms with Gasteiger partial charge in [-0.2, -0.15) is 0 Å². The second-order valence-electron chi connectivity index (χ2n) is 5.46. The number of aliphatic hydroxyl groups excluding tert-OH is 1. The van der Waals surface area contributed by atoms with Crippen molar-refractivity contribution in [1.29, 1.82) is 0 Å². The van der Waals surface area contributed by atoms with E-state index < -0.39 is 6.10 Å². The van der Waals surface area contributed by atoms with E-state index in [-0.39, 0.29) is 5.91 Å². The number of carbonyl (C=O) groups excluding carboxylic acids is 1. The highest BCUT2D eigenvalue weighted by Crippen LogP contribution is 2.22. The number of ether oxygens (including phenoxy) is 1. The fourth-order valence-corrected chi connectivity index (χ4v) is 2.47. The van der Waals surface area contributed by atoms with Crippen LogP contribution >= 0.6 is 0 Å². The number of rotatable bonds is 6. The van der Waals surface area contributed by atoms with Gasteiger partial charge in [0.1, 0.15) is 5.75 Å². The number of methoxy groups -OCH3 is 1. The van der Waals surface area contributed by atoms with Crippen LogP contribution in [0.15, 0.2) is 48.5 Å². The molecule has 122 valence electrons. The lowest BCUT2D eigenvalue weighted by Crippen LogP contribution is -2.34. The van der Waals surface area contributed by atoms with Gasteiger partial charge in [-0.1, -0.05) is 36.4 Å². The number of hydrogen-bond acceptors (Lipinski definition) is 3. The van der Waals surface area contributed by atoms with Gasteiger partial charge in [-0.05, 0) is 42.7 Å². The van der Waals surface area contributed by atoms with Gasteiger partial charge in [0, 0.05) is 13.1 Å². The van der Waals surface area contributed by atoms with Crippen LogP contribution in [0.4, 0.5) is 0 Å². The summed E-state index contributed by atoms with van der Waals surface area (Å²) in [6, 6.07) is 14.9. The zero-order valence-electron chi connectivity index (χ0n) is 13.8. The van der Waals surface area contributed by atoms with Crippen molar-refractivity contribution < 1.29 is 14.6 Å². The number of hydrogen-bond donors (Lipinski definition) is 1. The van der Waals surface area contributed by atoms with E-state index in [9.17, 15) is 9.90 Å². The maximum Gasteiger partial charge on any atom is 0.256 e. The van der Waals surface area contributed by atoms with Gasteiger partial charge in [0.15, 0.2) is 6.10 Å². The van der Waals surface area contributed by atoms with E-state index in [1.807, 2.05) is 38.1 Å². The summed E-state index contributed by atoms with van der Waals surface area (Å²) in [4.78, 5) is 14.3. The largest absolute Gasteiger partial charge is 0.497 e. The highest BCUT2D eigenvalue weighted by molar-refractivity contribution is 5.82. The molecule has 4 heteroatoms. The first-order chi connectivity index (χ1) is 11.1. The summed E-state index contributed by atoms with van der Waals surface area (Å²) in [5.41, 5.74) is 2.76. The summed E-state index contributed by atoms with van der Waals surface area (Å²) in [6.07, 6.45) is -1.19. The SMILES string of the molecule is CCN(Cc1ccccc1C)C(=O)C(O)c1cccc(OC)c1. The number of benzene rings is 2. The average Bonchev–Trinajstić information content (AvgIpc) is 2.60. The van der Waals surface area contributed by atoms with Crippen LogP contribution in [0.25, 0.3) is 0 Å². The Morgan fingerprint density at radius 1 is 1.22 bits per heavy atom. The van der Waals surface area contributed by atoms with Gasteiger partial charge in [-0.25, -0.2) is 0 Å². The Morgan fingerprint density at radius 2 is 1.96 bits per heavy atom. The van der Waals surface area contributed by atoms with Gasteiger partial charge in [-0.3, -0.25) is 4.79 Å². The Labute approximate surface area is 137 Å². The summed E-state index contributed by atoms with van der Waals surface area (Å²) in [6.45, 7) is 4.96. The van der Waals surface area contributed by atoms with Crippen LogP contribution in [-0.2, 0) is 11.3 Å². The first kappa shape index (κ1) is 17.0. The van der Waals surface area contributed by atoms with Crippen LogP contribution in [0.3, 0.4) is 0 Å². The lowest BCUT2D eigenvalue weighted by Gasteiger charge is -2.25. The Bertz CT molecular complexity index is 669. The molecule has 23 heavy (non-hydrogen) atoms. The Balaban J connectivity index is 2.17. The molecule has 2 aromatic carbocycles. The molecule has 1 N–H and O–H groups in total. The van der Waals surface area contributed by atoms with Crippen LogP contribution in [0.1, 0.15) is 29.7 Å². The Hall–Kier alpha value is -2.33. The lowest BCUT2D eigenvalue weighted by molar-refractivity contribution is -0.141. The van der Waals surface area contributed by atoms with Gasteiger partial charge in [0.2, 0.25) is 0 Å². The minimum Gasteiger partial charge on any atom is -0.497 e. The number of aliphatic hydroxyl groups is 1. The molecule has 0 saturated heterocycles. The first-order valence-electron chi connectivity index (χ1n) is 7.72. The minimum absolute atomic E-state index is 0.302. The molecule has 1 atom stereocenters. The van der Waals surface area contributed by atoms with E-state index in [1.165, 1.54) is 0 Å². The van der Waals surface area contributed by atoms with Crippen LogP contribution in [0.2, 0.25) is 0 Å². The zero-order chi connectivity index (χ0) is 16.8. The van der Waals surface area contributed by atoms with E-state index in [4.69, 9.17) is 4.74 Å². The molecule has 1 amide bonds. The average molecular weight is 313 g/mol. The van der Waals surface area contributed by atoms with E-state index in [2.05, 4.69) is 0 Å². The van der Waals surface area contributed by atoms with Crippen LogP contribution < -0.4 is 4.74 Å². The third-order valence-electron chi connectivity index (χ3n) is 3.96. The molecule has 0 heterocycles. The number of nitrogens with zero attached hydrogens (tertiary/aromatic N) is 1. The monoisotopic (exact) mass is 313 g/mol.